The Morgan fingerprint density at radius 3 is 2.37 bits per heavy atom. The molecule has 5 rings (SSSR count). The monoisotopic (exact) mass is 491 g/mol. The molecule has 9 heteroatoms. The summed E-state index contributed by atoms with van der Waals surface area (Å²) in [5, 5.41) is 11.5. The predicted molar refractivity (Wildman–Crippen MR) is 134 cm³/mol. The first-order valence-corrected chi connectivity index (χ1v) is 12.2. The molecule has 1 saturated heterocycles. The van der Waals surface area contributed by atoms with Crippen LogP contribution in [-0.2, 0) is 6.42 Å². The van der Waals surface area contributed by atoms with Gasteiger partial charge in [-0.2, -0.15) is 0 Å². The summed E-state index contributed by atoms with van der Waals surface area (Å²) in [4.78, 5) is 37.5. The number of piperazine rings is 1. The number of carbonyl (C=O) groups excluding carboxylic acids is 1. The Morgan fingerprint density at radius 1 is 1.06 bits per heavy atom. The zero-order valence-corrected chi connectivity index (χ0v) is 20.2. The average molecular weight is 492 g/mol. The van der Waals surface area contributed by atoms with Crippen molar-refractivity contribution in [3.05, 3.63) is 91.9 Å². The summed E-state index contributed by atoms with van der Waals surface area (Å²) in [6.45, 7) is 4.47. The number of nitro benzene ring substituents is 1. The van der Waals surface area contributed by atoms with Gasteiger partial charge in [-0.25, -0.2) is 9.97 Å². The standard InChI is InChI=1S/C26H26ClN5O3/c1-17-22(16-18-6-10-20(11-7-18)32(34)35)25(29-24(28-17)19-8-9-19)30-12-14-31(15-13-30)26(33)21-4-2-3-5-23(21)27/h2-7,10-11,19H,8-9,12-16H2,1H3. The molecule has 1 aliphatic heterocycles. The lowest BCUT2D eigenvalue weighted by atomic mass is 10.0. The third-order valence-corrected chi connectivity index (χ3v) is 6.98. The second kappa shape index (κ2) is 9.62. The maximum atomic E-state index is 13.0. The third-order valence-electron chi connectivity index (χ3n) is 6.65. The smallest absolute Gasteiger partial charge is 0.269 e. The first kappa shape index (κ1) is 23.2. The highest BCUT2D eigenvalue weighted by Gasteiger charge is 2.31. The first-order valence-electron chi connectivity index (χ1n) is 11.8. The van der Waals surface area contributed by atoms with Crippen molar-refractivity contribution in [3.8, 4) is 0 Å². The Bertz CT molecular complexity index is 1270. The molecule has 2 heterocycles. The molecule has 0 atom stereocenters. The van der Waals surface area contributed by atoms with E-state index in [9.17, 15) is 14.9 Å². The summed E-state index contributed by atoms with van der Waals surface area (Å²) >= 11 is 6.25. The lowest BCUT2D eigenvalue weighted by molar-refractivity contribution is -0.384. The van der Waals surface area contributed by atoms with Gasteiger partial charge in [0.05, 0.1) is 15.5 Å². The molecule has 0 spiro atoms. The second-order valence-corrected chi connectivity index (χ2v) is 9.51. The van der Waals surface area contributed by atoms with Gasteiger partial charge in [0.25, 0.3) is 11.6 Å². The summed E-state index contributed by atoms with van der Waals surface area (Å²) in [6, 6.07) is 13.8. The molecule has 0 N–H and O–H groups in total. The van der Waals surface area contributed by atoms with Crippen molar-refractivity contribution in [2.24, 2.45) is 0 Å². The van der Waals surface area contributed by atoms with Crippen molar-refractivity contribution in [3.63, 3.8) is 0 Å². The summed E-state index contributed by atoms with van der Waals surface area (Å²) in [5.74, 6) is 2.16. The van der Waals surface area contributed by atoms with E-state index >= 15 is 0 Å². The highest BCUT2D eigenvalue weighted by molar-refractivity contribution is 6.33. The fraction of sp³-hybridized carbons (Fsp3) is 0.346. The number of anilines is 1. The van der Waals surface area contributed by atoms with E-state index in [1.54, 1.807) is 24.3 Å². The number of nitro groups is 1. The number of amides is 1. The Morgan fingerprint density at radius 2 is 1.74 bits per heavy atom. The Kier molecular flexibility index (Phi) is 6.38. The van der Waals surface area contributed by atoms with E-state index in [0.717, 1.165) is 41.3 Å². The van der Waals surface area contributed by atoms with Crippen molar-refractivity contribution < 1.29 is 9.72 Å². The van der Waals surface area contributed by atoms with Crippen LogP contribution in [0.15, 0.2) is 48.5 Å². The molecule has 35 heavy (non-hydrogen) atoms. The summed E-state index contributed by atoms with van der Waals surface area (Å²) in [5.41, 5.74) is 3.52. The number of benzene rings is 2. The SMILES string of the molecule is Cc1nc(C2CC2)nc(N2CCN(C(=O)c3ccccc3Cl)CC2)c1Cc1ccc([N+](=O)[O-])cc1. The number of halogens is 1. The average Bonchev–Trinajstić information content (AvgIpc) is 3.71. The van der Waals surface area contributed by atoms with Gasteiger partial charge in [0.1, 0.15) is 11.6 Å². The normalized spacial score (nSPS) is 15.8. The van der Waals surface area contributed by atoms with Gasteiger partial charge in [0.15, 0.2) is 0 Å². The van der Waals surface area contributed by atoms with Crippen LogP contribution in [0.5, 0.6) is 0 Å². The van der Waals surface area contributed by atoms with Crippen molar-refractivity contribution >= 4 is 29.0 Å². The molecule has 1 saturated carbocycles. The maximum absolute atomic E-state index is 13.0. The zero-order valence-electron chi connectivity index (χ0n) is 19.5. The van der Waals surface area contributed by atoms with Crippen LogP contribution in [0.1, 0.15) is 51.8 Å². The van der Waals surface area contributed by atoms with E-state index in [-0.39, 0.29) is 11.6 Å². The molecule has 8 nitrogen and oxygen atoms in total. The Labute approximate surface area is 208 Å². The van der Waals surface area contributed by atoms with Crippen LogP contribution in [0.25, 0.3) is 0 Å². The van der Waals surface area contributed by atoms with Crippen molar-refractivity contribution in [1.29, 1.82) is 0 Å². The molecule has 180 valence electrons. The molecule has 2 fully saturated rings. The van der Waals surface area contributed by atoms with Crippen LogP contribution in [0.4, 0.5) is 11.5 Å². The minimum Gasteiger partial charge on any atom is -0.353 e. The summed E-state index contributed by atoms with van der Waals surface area (Å²) in [7, 11) is 0. The fourth-order valence-electron chi connectivity index (χ4n) is 4.46. The Balaban J connectivity index is 1.38. The van der Waals surface area contributed by atoms with E-state index in [1.165, 1.54) is 12.1 Å². The molecule has 2 aliphatic rings. The molecule has 0 radical (unpaired) electrons. The molecular formula is C26H26ClN5O3. The summed E-state index contributed by atoms with van der Waals surface area (Å²) in [6.07, 6.45) is 2.81. The van der Waals surface area contributed by atoms with Gasteiger partial charge >= 0.3 is 0 Å². The van der Waals surface area contributed by atoms with Gasteiger partial charge in [0.2, 0.25) is 0 Å². The van der Waals surface area contributed by atoms with Crippen LogP contribution in [-0.4, -0.2) is 51.9 Å². The van der Waals surface area contributed by atoms with E-state index in [0.29, 0.717) is 49.1 Å². The van der Waals surface area contributed by atoms with E-state index in [2.05, 4.69) is 4.90 Å². The largest absolute Gasteiger partial charge is 0.353 e. The number of non-ortho nitro benzene ring substituents is 1. The van der Waals surface area contributed by atoms with E-state index in [1.807, 2.05) is 24.0 Å². The van der Waals surface area contributed by atoms with Crippen LogP contribution < -0.4 is 4.90 Å². The number of hydrogen-bond acceptors (Lipinski definition) is 6. The predicted octanol–water partition coefficient (Wildman–Crippen LogP) is 4.78. The number of nitrogens with zero attached hydrogens (tertiary/aromatic N) is 5. The highest BCUT2D eigenvalue weighted by atomic mass is 35.5. The molecule has 1 amide bonds. The van der Waals surface area contributed by atoms with Gasteiger partial charge in [-0.15, -0.1) is 0 Å². The van der Waals surface area contributed by atoms with Crippen LogP contribution in [0, 0.1) is 17.0 Å². The van der Waals surface area contributed by atoms with Crippen LogP contribution in [0.3, 0.4) is 0 Å². The summed E-state index contributed by atoms with van der Waals surface area (Å²) < 4.78 is 0. The molecule has 1 aromatic heterocycles. The molecular weight excluding hydrogens is 466 g/mol. The van der Waals surface area contributed by atoms with Crippen molar-refractivity contribution in [2.45, 2.75) is 32.1 Å². The number of aryl methyl sites for hydroxylation is 1. The number of aromatic nitrogens is 2. The van der Waals surface area contributed by atoms with Gasteiger partial charge < -0.3 is 9.80 Å². The molecule has 0 unspecified atom stereocenters. The molecule has 2 aromatic carbocycles. The van der Waals surface area contributed by atoms with Gasteiger partial charge in [0, 0.05) is 61.9 Å². The Hall–Kier alpha value is -3.52. The second-order valence-electron chi connectivity index (χ2n) is 9.10. The quantitative estimate of drug-likeness (QED) is 0.364. The number of hydrogen-bond donors (Lipinski definition) is 0. The molecule has 3 aromatic rings. The topological polar surface area (TPSA) is 92.5 Å². The van der Waals surface area contributed by atoms with Gasteiger partial charge in [-0.3, -0.25) is 14.9 Å². The number of carbonyl (C=O) groups is 1. The maximum Gasteiger partial charge on any atom is 0.269 e. The van der Waals surface area contributed by atoms with Crippen LogP contribution in [0.2, 0.25) is 5.02 Å². The molecule has 0 bridgehead atoms. The van der Waals surface area contributed by atoms with E-state index < -0.39 is 4.92 Å². The highest BCUT2D eigenvalue weighted by Crippen LogP contribution is 2.39. The van der Waals surface area contributed by atoms with Crippen molar-refractivity contribution in [1.82, 2.24) is 14.9 Å². The lowest BCUT2D eigenvalue weighted by Crippen LogP contribution is -2.49. The fourth-order valence-corrected chi connectivity index (χ4v) is 4.68. The zero-order chi connectivity index (χ0) is 24.5. The minimum absolute atomic E-state index is 0.0566. The van der Waals surface area contributed by atoms with Crippen molar-refractivity contribution in [2.75, 3.05) is 31.1 Å². The van der Waals surface area contributed by atoms with Gasteiger partial charge in [-0.1, -0.05) is 35.9 Å². The number of rotatable bonds is 6. The molecule has 1 aliphatic carbocycles. The third kappa shape index (κ3) is 4.98. The van der Waals surface area contributed by atoms with Gasteiger partial charge in [-0.05, 0) is 37.5 Å². The van der Waals surface area contributed by atoms with E-state index in [4.69, 9.17) is 21.6 Å². The minimum atomic E-state index is -0.391. The first-order chi connectivity index (χ1) is 16.9. The van der Waals surface area contributed by atoms with Crippen LogP contribution >= 0.6 is 11.6 Å². The lowest BCUT2D eigenvalue weighted by Gasteiger charge is -2.36.